The van der Waals surface area contributed by atoms with Gasteiger partial charge in [0.1, 0.15) is 5.56 Å². The molecule has 2 N–H and O–H groups in total. The first-order valence-corrected chi connectivity index (χ1v) is 10.1. The predicted molar refractivity (Wildman–Crippen MR) is 117 cm³/mol. The zero-order valence-corrected chi connectivity index (χ0v) is 17.9. The first-order chi connectivity index (χ1) is 14.8. The highest BCUT2D eigenvalue weighted by Crippen LogP contribution is 2.23. The molecule has 4 rings (SSSR count). The van der Waals surface area contributed by atoms with Crippen LogP contribution in [0.2, 0.25) is 5.02 Å². The number of carbonyl (C=O) groups excluding carboxylic acids is 1. The van der Waals surface area contributed by atoms with Crippen molar-refractivity contribution < 1.29 is 14.7 Å². The molecule has 0 spiro atoms. The molecule has 0 radical (unpaired) electrons. The summed E-state index contributed by atoms with van der Waals surface area (Å²) in [5.41, 5.74) is 2.76. The van der Waals surface area contributed by atoms with Crippen molar-refractivity contribution in [2.24, 2.45) is 14.1 Å². The van der Waals surface area contributed by atoms with Crippen LogP contribution >= 0.6 is 11.6 Å². The average molecular weight is 440 g/mol. The number of aromatic nitrogens is 4. The second-order valence-electron chi connectivity index (χ2n) is 7.46. The Bertz CT molecular complexity index is 1270. The second kappa shape index (κ2) is 8.31. The van der Waals surface area contributed by atoms with Crippen molar-refractivity contribution in [1.82, 2.24) is 24.2 Å². The van der Waals surface area contributed by atoms with E-state index in [0.717, 1.165) is 22.2 Å². The summed E-state index contributed by atoms with van der Waals surface area (Å²) in [4.78, 5) is 29.8. The number of carboxylic acids is 1. The number of nitrogens with one attached hydrogen (secondary N) is 1. The lowest BCUT2D eigenvalue weighted by Gasteiger charge is -2.22. The largest absolute Gasteiger partial charge is 0.478 e. The molecule has 0 bridgehead atoms. The number of hydrogen-bond donors (Lipinski definition) is 2. The maximum Gasteiger partial charge on any atom is 0.339 e. The van der Waals surface area contributed by atoms with Crippen LogP contribution in [0.3, 0.4) is 0 Å². The summed E-state index contributed by atoms with van der Waals surface area (Å²) in [6, 6.07) is 9.48. The van der Waals surface area contributed by atoms with E-state index in [4.69, 9.17) is 11.6 Å². The molecule has 0 aliphatic rings. The van der Waals surface area contributed by atoms with Crippen molar-refractivity contribution in [2.75, 3.05) is 6.54 Å². The maximum absolute atomic E-state index is 13.3. The number of carboxylic acid groups (broad SMARTS) is 1. The molecule has 0 aliphatic carbocycles. The van der Waals surface area contributed by atoms with Crippen LogP contribution in [0, 0.1) is 0 Å². The van der Waals surface area contributed by atoms with Crippen molar-refractivity contribution in [3.8, 4) is 0 Å². The molecule has 1 aromatic carbocycles. The topological polar surface area (TPSA) is 96.2 Å². The van der Waals surface area contributed by atoms with Gasteiger partial charge in [0.15, 0.2) is 5.69 Å². The molecule has 0 unspecified atom stereocenters. The van der Waals surface area contributed by atoms with E-state index >= 15 is 0 Å². The molecule has 3 aromatic heterocycles. The zero-order chi connectivity index (χ0) is 22.1. The molecule has 31 heavy (non-hydrogen) atoms. The minimum atomic E-state index is -1.18. The zero-order valence-electron chi connectivity index (χ0n) is 17.2. The molecule has 1 amide bonds. The van der Waals surface area contributed by atoms with Gasteiger partial charge in [0, 0.05) is 60.9 Å². The van der Waals surface area contributed by atoms with Gasteiger partial charge < -0.3 is 19.6 Å². The number of hydrogen-bond acceptors (Lipinski definition) is 3. The molecule has 8 nitrogen and oxygen atoms in total. The molecule has 160 valence electrons. The molecule has 0 saturated carbocycles. The van der Waals surface area contributed by atoms with E-state index in [2.05, 4.69) is 10.1 Å². The Hall–Kier alpha value is -3.52. The molecule has 0 aliphatic heterocycles. The van der Waals surface area contributed by atoms with E-state index in [1.54, 1.807) is 11.9 Å². The number of amides is 1. The summed E-state index contributed by atoms with van der Waals surface area (Å²) in [5, 5.41) is 15.3. The fourth-order valence-corrected chi connectivity index (χ4v) is 3.85. The lowest BCUT2D eigenvalue weighted by atomic mass is 10.1. The number of rotatable bonds is 7. The van der Waals surface area contributed by atoms with Gasteiger partial charge in [-0.3, -0.25) is 9.48 Å². The number of fused-ring (bicyclic) bond motifs is 1. The molecule has 9 heteroatoms. The number of aryl methyl sites for hydroxylation is 2. The van der Waals surface area contributed by atoms with Crippen LogP contribution in [-0.4, -0.2) is 47.8 Å². The Kier molecular flexibility index (Phi) is 5.56. The Morgan fingerprint density at radius 2 is 2.06 bits per heavy atom. The molecule has 3 heterocycles. The minimum absolute atomic E-state index is 0.0637. The van der Waals surface area contributed by atoms with Gasteiger partial charge in [0.2, 0.25) is 0 Å². The Balaban J connectivity index is 1.64. The standard InChI is InChI=1S/C22H22ClN5O3/c1-26-8-3-4-16(26)12-28(21(29)20-18(22(30)31)13-27(2)25-20)9-7-14-11-24-19-6-5-15(23)10-17(14)19/h3-6,8,10-11,13,24H,7,9,12H2,1-2H3,(H,30,31). The second-order valence-corrected chi connectivity index (χ2v) is 7.90. The van der Waals surface area contributed by atoms with Crippen molar-refractivity contribution >= 4 is 34.4 Å². The molecular formula is C22H22ClN5O3. The van der Waals surface area contributed by atoms with Crippen molar-refractivity contribution in [3.05, 3.63) is 76.5 Å². The Labute approximate surface area is 183 Å². The first-order valence-electron chi connectivity index (χ1n) is 9.75. The smallest absolute Gasteiger partial charge is 0.339 e. The SMILES string of the molecule is Cn1cc(C(=O)O)c(C(=O)N(CCc2c[nH]c3ccc(Cl)cc23)Cc2cccn2C)n1. The van der Waals surface area contributed by atoms with Gasteiger partial charge in [-0.25, -0.2) is 4.79 Å². The summed E-state index contributed by atoms with van der Waals surface area (Å²) < 4.78 is 3.28. The van der Waals surface area contributed by atoms with Gasteiger partial charge in [-0.1, -0.05) is 11.6 Å². The van der Waals surface area contributed by atoms with Crippen molar-refractivity contribution in [3.63, 3.8) is 0 Å². The molecule has 4 aromatic rings. The summed E-state index contributed by atoms with van der Waals surface area (Å²) in [6.45, 7) is 0.722. The average Bonchev–Trinajstić information content (AvgIpc) is 3.43. The monoisotopic (exact) mass is 439 g/mol. The van der Waals surface area contributed by atoms with E-state index in [1.165, 1.54) is 10.9 Å². The number of halogens is 1. The van der Waals surface area contributed by atoms with E-state index in [9.17, 15) is 14.7 Å². The molecular weight excluding hydrogens is 418 g/mol. The van der Waals surface area contributed by atoms with E-state index in [1.807, 2.05) is 54.3 Å². The lowest BCUT2D eigenvalue weighted by Crippen LogP contribution is -2.34. The fraction of sp³-hybridized carbons (Fsp3) is 0.227. The van der Waals surface area contributed by atoms with Gasteiger partial charge in [-0.2, -0.15) is 5.10 Å². The summed E-state index contributed by atoms with van der Waals surface area (Å²) in [5.74, 6) is -1.60. The number of benzene rings is 1. The Morgan fingerprint density at radius 1 is 1.26 bits per heavy atom. The minimum Gasteiger partial charge on any atom is -0.478 e. The van der Waals surface area contributed by atoms with Crippen LogP contribution in [0.25, 0.3) is 10.9 Å². The predicted octanol–water partition coefficient (Wildman–Crippen LogP) is 3.48. The summed E-state index contributed by atoms with van der Waals surface area (Å²) in [6.07, 6.45) is 5.74. The van der Waals surface area contributed by atoms with Crippen LogP contribution in [0.15, 0.2) is 48.9 Å². The number of aromatic carboxylic acids is 1. The number of nitrogens with zero attached hydrogens (tertiary/aromatic N) is 4. The summed E-state index contributed by atoms with van der Waals surface area (Å²) in [7, 11) is 3.50. The Morgan fingerprint density at radius 3 is 2.77 bits per heavy atom. The van der Waals surface area contributed by atoms with E-state index < -0.39 is 11.9 Å². The van der Waals surface area contributed by atoms with Crippen LogP contribution in [-0.2, 0) is 27.1 Å². The molecule has 0 saturated heterocycles. The lowest BCUT2D eigenvalue weighted by molar-refractivity contribution is 0.0670. The van der Waals surface area contributed by atoms with Gasteiger partial charge in [0.05, 0.1) is 6.54 Å². The van der Waals surface area contributed by atoms with Gasteiger partial charge in [-0.15, -0.1) is 0 Å². The van der Waals surface area contributed by atoms with Gasteiger partial charge >= 0.3 is 5.97 Å². The van der Waals surface area contributed by atoms with Crippen molar-refractivity contribution in [1.29, 1.82) is 0 Å². The highest BCUT2D eigenvalue weighted by atomic mass is 35.5. The van der Waals surface area contributed by atoms with Crippen LogP contribution in [0.1, 0.15) is 32.1 Å². The fourth-order valence-electron chi connectivity index (χ4n) is 3.67. The summed E-state index contributed by atoms with van der Waals surface area (Å²) >= 11 is 6.16. The van der Waals surface area contributed by atoms with Crippen LogP contribution < -0.4 is 0 Å². The van der Waals surface area contributed by atoms with Gasteiger partial charge in [0.25, 0.3) is 5.91 Å². The van der Waals surface area contributed by atoms with Gasteiger partial charge in [-0.05, 0) is 42.3 Å². The number of carbonyl (C=O) groups is 2. The third-order valence-electron chi connectivity index (χ3n) is 5.33. The molecule has 0 atom stereocenters. The maximum atomic E-state index is 13.3. The highest BCUT2D eigenvalue weighted by molar-refractivity contribution is 6.31. The third kappa shape index (κ3) is 4.20. The number of H-pyrrole nitrogens is 1. The number of aromatic amines is 1. The third-order valence-corrected chi connectivity index (χ3v) is 5.57. The van der Waals surface area contributed by atoms with Crippen LogP contribution in [0.4, 0.5) is 0 Å². The first kappa shape index (κ1) is 20.7. The van der Waals surface area contributed by atoms with Crippen LogP contribution in [0.5, 0.6) is 0 Å². The normalized spacial score (nSPS) is 11.2. The quantitative estimate of drug-likeness (QED) is 0.460. The highest BCUT2D eigenvalue weighted by Gasteiger charge is 2.26. The van der Waals surface area contributed by atoms with Crippen molar-refractivity contribution in [2.45, 2.75) is 13.0 Å². The van der Waals surface area contributed by atoms with E-state index in [-0.39, 0.29) is 11.3 Å². The van der Waals surface area contributed by atoms with E-state index in [0.29, 0.717) is 24.5 Å². The molecule has 0 fully saturated rings.